The van der Waals surface area contributed by atoms with E-state index in [4.69, 9.17) is 0 Å². The Morgan fingerprint density at radius 1 is 1.43 bits per heavy atom. The zero-order valence-corrected chi connectivity index (χ0v) is 14.9. The molecule has 0 radical (unpaired) electrons. The molecule has 1 aromatic carbocycles. The minimum Gasteiger partial charge on any atom is -0.342 e. The van der Waals surface area contributed by atoms with Crippen LogP contribution in [0.4, 0.5) is 0 Å². The van der Waals surface area contributed by atoms with E-state index in [1.165, 1.54) is 11.3 Å². The van der Waals surface area contributed by atoms with Crippen molar-refractivity contribution >= 4 is 33.6 Å². The molecule has 5 heteroatoms. The van der Waals surface area contributed by atoms with Crippen LogP contribution in [0.3, 0.4) is 0 Å². The predicted octanol–water partition coefficient (Wildman–Crippen LogP) is 3.39. The number of hydrogen-bond acceptors (Lipinski definition) is 3. The van der Waals surface area contributed by atoms with Gasteiger partial charge >= 0.3 is 0 Å². The van der Waals surface area contributed by atoms with Crippen molar-refractivity contribution in [1.29, 1.82) is 0 Å². The van der Waals surface area contributed by atoms with Crippen LogP contribution in [0.15, 0.2) is 33.6 Å². The molecule has 21 heavy (non-hydrogen) atoms. The summed E-state index contributed by atoms with van der Waals surface area (Å²) in [7, 11) is 1.98. The topological polar surface area (TPSA) is 32.3 Å². The maximum Gasteiger partial charge on any atom is 0.223 e. The number of likely N-dealkylation sites (tertiary alicyclic amines) is 1. The van der Waals surface area contributed by atoms with Crippen molar-refractivity contribution in [2.75, 3.05) is 32.4 Å². The summed E-state index contributed by atoms with van der Waals surface area (Å²) >= 11 is 5.18. The number of rotatable bonds is 6. The number of nitrogens with zero attached hydrogens (tertiary/aromatic N) is 1. The summed E-state index contributed by atoms with van der Waals surface area (Å²) in [5.74, 6) is 1.78. The van der Waals surface area contributed by atoms with Gasteiger partial charge in [0.05, 0.1) is 0 Å². The van der Waals surface area contributed by atoms with Crippen LogP contribution >= 0.6 is 27.7 Å². The van der Waals surface area contributed by atoms with Gasteiger partial charge in [0.2, 0.25) is 5.91 Å². The second-order valence-corrected chi connectivity index (χ2v) is 7.54. The fourth-order valence-corrected chi connectivity index (χ4v) is 3.80. The van der Waals surface area contributed by atoms with E-state index in [0.29, 0.717) is 18.2 Å². The standard InChI is InChI=1S/C16H23BrN2OS/c1-18-11-13-3-2-9-19(12-13)16(20)8-10-21-15-6-4-14(17)5-7-15/h4-7,13,18H,2-3,8-12H2,1H3. The number of amides is 1. The van der Waals surface area contributed by atoms with Gasteiger partial charge in [0, 0.05) is 34.6 Å². The lowest BCUT2D eigenvalue weighted by Gasteiger charge is -2.32. The first-order valence-electron chi connectivity index (χ1n) is 7.50. The molecular formula is C16H23BrN2OS. The van der Waals surface area contributed by atoms with Crippen LogP contribution in [0, 0.1) is 5.92 Å². The van der Waals surface area contributed by atoms with Crippen LogP contribution < -0.4 is 5.32 Å². The Morgan fingerprint density at radius 3 is 2.90 bits per heavy atom. The van der Waals surface area contributed by atoms with Crippen molar-refractivity contribution in [1.82, 2.24) is 10.2 Å². The van der Waals surface area contributed by atoms with E-state index in [9.17, 15) is 4.79 Å². The average molecular weight is 371 g/mol. The monoisotopic (exact) mass is 370 g/mol. The maximum atomic E-state index is 12.3. The number of carbonyl (C=O) groups excluding carboxylic acids is 1. The first-order chi connectivity index (χ1) is 10.2. The summed E-state index contributed by atoms with van der Waals surface area (Å²) in [4.78, 5) is 15.5. The van der Waals surface area contributed by atoms with Crippen molar-refractivity contribution < 1.29 is 4.79 Å². The largest absolute Gasteiger partial charge is 0.342 e. The van der Waals surface area contributed by atoms with Gasteiger partial charge in [-0.1, -0.05) is 15.9 Å². The molecule has 0 saturated carbocycles. The second-order valence-electron chi connectivity index (χ2n) is 5.46. The lowest BCUT2D eigenvalue weighted by molar-refractivity contribution is -0.132. The summed E-state index contributed by atoms with van der Waals surface area (Å²) in [6, 6.07) is 8.25. The molecular weight excluding hydrogens is 348 g/mol. The van der Waals surface area contributed by atoms with E-state index in [1.54, 1.807) is 11.8 Å². The predicted molar refractivity (Wildman–Crippen MR) is 92.7 cm³/mol. The molecule has 0 aliphatic carbocycles. The van der Waals surface area contributed by atoms with Crippen LogP contribution in [0.1, 0.15) is 19.3 Å². The number of halogens is 1. The van der Waals surface area contributed by atoms with E-state index in [2.05, 4.69) is 33.4 Å². The van der Waals surface area contributed by atoms with Crippen LogP contribution in [-0.2, 0) is 4.79 Å². The zero-order chi connectivity index (χ0) is 15.1. The third-order valence-electron chi connectivity index (χ3n) is 3.76. The molecule has 1 N–H and O–H groups in total. The van der Waals surface area contributed by atoms with E-state index < -0.39 is 0 Å². The molecule has 2 rings (SSSR count). The van der Waals surface area contributed by atoms with Crippen LogP contribution in [0.25, 0.3) is 0 Å². The molecule has 1 aromatic rings. The van der Waals surface area contributed by atoms with E-state index in [0.717, 1.165) is 36.3 Å². The highest BCUT2D eigenvalue weighted by atomic mass is 79.9. The van der Waals surface area contributed by atoms with Gasteiger partial charge < -0.3 is 10.2 Å². The number of piperidine rings is 1. The van der Waals surface area contributed by atoms with Gasteiger partial charge in [0.1, 0.15) is 0 Å². The third-order valence-corrected chi connectivity index (χ3v) is 5.31. The summed E-state index contributed by atoms with van der Waals surface area (Å²) in [5, 5.41) is 3.22. The third kappa shape index (κ3) is 5.64. The van der Waals surface area contributed by atoms with E-state index in [-0.39, 0.29) is 0 Å². The second kappa shape index (κ2) is 8.81. The van der Waals surface area contributed by atoms with Crippen molar-refractivity contribution in [2.24, 2.45) is 5.92 Å². The smallest absolute Gasteiger partial charge is 0.223 e. The van der Waals surface area contributed by atoms with Crippen molar-refractivity contribution in [3.05, 3.63) is 28.7 Å². The highest BCUT2D eigenvalue weighted by molar-refractivity contribution is 9.10. The van der Waals surface area contributed by atoms with Gasteiger partial charge in [0.15, 0.2) is 0 Å². The highest BCUT2D eigenvalue weighted by Crippen LogP contribution is 2.22. The Hall–Kier alpha value is -0.520. The fourth-order valence-electron chi connectivity index (χ4n) is 2.69. The SMILES string of the molecule is CNCC1CCCN(C(=O)CCSc2ccc(Br)cc2)C1. The van der Waals surface area contributed by atoms with Gasteiger partial charge in [-0.25, -0.2) is 0 Å². The van der Waals surface area contributed by atoms with Crippen molar-refractivity contribution in [3.8, 4) is 0 Å². The number of thioether (sulfide) groups is 1. The van der Waals surface area contributed by atoms with Crippen molar-refractivity contribution in [2.45, 2.75) is 24.2 Å². The quantitative estimate of drug-likeness (QED) is 0.778. The molecule has 116 valence electrons. The first-order valence-corrected chi connectivity index (χ1v) is 9.27. The van der Waals surface area contributed by atoms with Crippen molar-refractivity contribution in [3.63, 3.8) is 0 Å². The number of benzene rings is 1. The van der Waals surface area contributed by atoms with E-state index in [1.807, 2.05) is 24.1 Å². The fraction of sp³-hybridized carbons (Fsp3) is 0.562. The lowest BCUT2D eigenvalue weighted by Crippen LogP contribution is -2.42. The minimum atomic E-state index is 0.306. The molecule has 1 amide bonds. The summed E-state index contributed by atoms with van der Waals surface area (Å²) in [6.07, 6.45) is 3.00. The molecule has 1 fully saturated rings. The Bertz CT molecular complexity index is 450. The Balaban J connectivity index is 1.72. The molecule has 1 aliphatic rings. The van der Waals surface area contributed by atoms with Gasteiger partial charge in [-0.15, -0.1) is 11.8 Å². The van der Waals surface area contributed by atoms with E-state index >= 15 is 0 Å². The number of hydrogen-bond donors (Lipinski definition) is 1. The zero-order valence-electron chi connectivity index (χ0n) is 12.5. The molecule has 3 nitrogen and oxygen atoms in total. The normalized spacial score (nSPS) is 18.8. The molecule has 0 aromatic heterocycles. The molecule has 1 aliphatic heterocycles. The lowest BCUT2D eigenvalue weighted by atomic mass is 9.98. The minimum absolute atomic E-state index is 0.306. The Labute approximate surface area is 140 Å². The molecule has 0 bridgehead atoms. The molecule has 1 saturated heterocycles. The first kappa shape index (κ1) is 16.8. The Kier molecular flexibility index (Phi) is 7.07. The number of carbonyl (C=O) groups is 1. The molecule has 0 spiro atoms. The van der Waals surface area contributed by atoms with Gasteiger partial charge in [-0.05, 0) is 56.6 Å². The van der Waals surface area contributed by atoms with Gasteiger partial charge in [0.25, 0.3) is 0 Å². The van der Waals surface area contributed by atoms with Crippen LogP contribution in [0.5, 0.6) is 0 Å². The molecule has 1 heterocycles. The number of nitrogens with one attached hydrogen (secondary N) is 1. The van der Waals surface area contributed by atoms with Gasteiger partial charge in [-0.2, -0.15) is 0 Å². The highest BCUT2D eigenvalue weighted by Gasteiger charge is 2.22. The summed E-state index contributed by atoms with van der Waals surface area (Å²) in [5.41, 5.74) is 0. The average Bonchev–Trinajstić information content (AvgIpc) is 2.50. The van der Waals surface area contributed by atoms with Gasteiger partial charge in [-0.3, -0.25) is 4.79 Å². The Morgan fingerprint density at radius 2 is 2.19 bits per heavy atom. The molecule has 1 unspecified atom stereocenters. The summed E-state index contributed by atoms with van der Waals surface area (Å²) in [6.45, 7) is 2.86. The molecule has 1 atom stereocenters. The maximum absolute atomic E-state index is 12.3. The van der Waals surface area contributed by atoms with Crippen LogP contribution in [-0.4, -0.2) is 43.2 Å². The van der Waals surface area contributed by atoms with Crippen LogP contribution in [0.2, 0.25) is 0 Å². The summed E-state index contributed by atoms with van der Waals surface area (Å²) < 4.78 is 1.09.